The fourth-order valence-corrected chi connectivity index (χ4v) is 10.3. The highest BCUT2D eigenvalue weighted by Crippen LogP contribution is 2.68. The lowest BCUT2D eigenvalue weighted by atomic mass is 9.86. The van der Waals surface area contributed by atoms with Crippen LogP contribution in [-0.2, 0) is 4.79 Å². The molecular weight excluding hydrogens is 441 g/mol. The van der Waals surface area contributed by atoms with Crippen LogP contribution in [0.1, 0.15) is 57.8 Å². The van der Waals surface area contributed by atoms with Crippen LogP contribution in [0.2, 0.25) is 0 Å². The molecule has 0 aromatic heterocycles. The summed E-state index contributed by atoms with van der Waals surface area (Å²) in [7, 11) is 0. The maximum atomic E-state index is 12.2. The maximum absolute atomic E-state index is 12.2. The van der Waals surface area contributed by atoms with Gasteiger partial charge in [0, 0.05) is 12.0 Å². The predicted octanol–water partition coefficient (Wildman–Crippen LogP) is 7.33. The second-order valence-electron chi connectivity index (χ2n) is 8.02. The van der Waals surface area contributed by atoms with Crippen LogP contribution in [-0.4, -0.2) is 16.0 Å². The Morgan fingerprint density at radius 3 is 1.48 bits per heavy atom. The molecule has 0 radical (unpaired) electrons. The Balaban J connectivity index is 1.40. The summed E-state index contributed by atoms with van der Waals surface area (Å²) < 4.78 is 2.18. The average molecular weight is 461 g/mol. The number of allylic oxidation sites excluding steroid dienone is 4. The van der Waals surface area contributed by atoms with Gasteiger partial charge in [-0.05, 0) is 62.5 Å². The van der Waals surface area contributed by atoms with Crippen LogP contribution in [0, 0.1) is 0 Å². The molecular formula is C22H20O3S4. The number of hydrogen-bond acceptors (Lipinski definition) is 7. The lowest BCUT2D eigenvalue weighted by Gasteiger charge is -2.21. The van der Waals surface area contributed by atoms with Gasteiger partial charge in [-0.15, -0.1) is 0 Å². The number of Topliss-reactive ketones (excluding diaryl/α,β-unsaturated/α-hetero) is 1. The molecule has 0 saturated heterocycles. The van der Waals surface area contributed by atoms with E-state index in [1.807, 2.05) is 0 Å². The molecule has 1 aromatic rings. The Morgan fingerprint density at radius 1 is 0.552 bits per heavy atom. The number of hydrogen-bond donors (Lipinski definition) is 2. The summed E-state index contributed by atoms with van der Waals surface area (Å²) in [5.41, 5.74) is 5.51. The van der Waals surface area contributed by atoms with Crippen molar-refractivity contribution in [3.05, 3.63) is 30.8 Å². The molecule has 3 saturated carbocycles. The molecule has 0 bridgehead atoms. The number of phenolic OH excluding ortho intramolecular Hbond substituents is 2. The number of fused-ring (bicyclic) bond motifs is 2. The second kappa shape index (κ2) is 7.08. The van der Waals surface area contributed by atoms with E-state index in [9.17, 15) is 15.0 Å². The summed E-state index contributed by atoms with van der Waals surface area (Å²) in [5, 5.41) is 22.1. The van der Waals surface area contributed by atoms with Crippen LogP contribution < -0.4 is 0 Å². The van der Waals surface area contributed by atoms with E-state index in [1.165, 1.54) is 65.4 Å². The van der Waals surface area contributed by atoms with Gasteiger partial charge in [-0.25, -0.2) is 0 Å². The minimum atomic E-state index is 0.216. The summed E-state index contributed by atoms with van der Waals surface area (Å²) in [4.78, 5) is 15.2. The van der Waals surface area contributed by atoms with Crippen LogP contribution >= 0.6 is 47.0 Å². The van der Waals surface area contributed by atoms with Crippen LogP contribution in [0.5, 0.6) is 11.5 Å². The highest BCUT2D eigenvalue weighted by atomic mass is 32.2. The number of ketones is 1. The van der Waals surface area contributed by atoms with Crippen molar-refractivity contribution >= 4 is 52.8 Å². The molecule has 0 spiro atoms. The first-order valence-corrected chi connectivity index (χ1v) is 13.4. The third-order valence-corrected chi connectivity index (χ3v) is 11.7. The molecule has 2 N–H and O–H groups in total. The summed E-state index contributed by atoms with van der Waals surface area (Å²) in [6, 6.07) is 0. The van der Waals surface area contributed by atoms with Gasteiger partial charge in [0.25, 0.3) is 0 Å². The fourth-order valence-electron chi connectivity index (χ4n) is 4.62. The predicted molar refractivity (Wildman–Crippen MR) is 121 cm³/mol. The molecule has 2 heterocycles. The SMILES string of the molecule is O=C1CCCC1=C1Sc2c(O)c3c(c(O)c2S1)SC(=C1CCCC1=C1CCC1)S3. The van der Waals surface area contributed by atoms with Crippen molar-refractivity contribution in [1.29, 1.82) is 0 Å². The average Bonchev–Trinajstić information content (AvgIpc) is 3.42. The zero-order chi connectivity index (χ0) is 19.7. The van der Waals surface area contributed by atoms with Crippen molar-refractivity contribution in [3.8, 4) is 11.5 Å². The number of carbonyl (C=O) groups excluding carboxylic acids is 1. The minimum absolute atomic E-state index is 0.216. The summed E-state index contributed by atoms with van der Waals surface area (Å²) in [6.45, 7) is 0. The molecule has 150 valence electrons. The Labute approximate surface area is 186 Å². The van der Waals surface area contributed by atoms with Crippen molar-refractivity contribution < 1.29 is 15.0 Å². The molecule has 3 fully saturated rings. The fraction of sp³-hybridized carbons (Fsp3) is 0.409. The van der Waals surface area contributed by atoms with Gasteiger partial charge in [-0.3, -0.25) is 4.79 Å². The number of aromatic hydroxyl groups is 2. The molecule has 6 rings (SSSR count). The normalized spacial score (nSPS) is 23.4. The molecule has 0 unspecified atom stereocenters. The van der Waals surface area contributed by atoms with Gasteiger partial charge in [0.15, 0.2) is 5.78 Å². The van der Waals surface area contributed by atoms with Gasteiger partial charge in [-0.2, -0.15) is 0 Å². The molecule has 0 atom stereocenters. The third-order valence-electron chi connectivity index (χ3n) is 6.31. The molecule has 7 heteroatoms. The van der Waals surface area contributed by atoms with Crippen molar-refractivity contribution in [2.45, 2.75) is 77.4 Å². The van der Waals surface area contributed by atoms with Crippen molar-refractivity contribution in [3.63, 3.8) is 0 Å². The van der Waals surface area contributed by atoms with Gasteiger partial charge >= 0.3 is 0 Å². The monoisotopic (exact) mass is 460 g/mol. The highest BCUT2D eigenvalue weighted by Gasteiger charge is 2.38. The standard InChI is InChI=1S/C22H20O3S4/c23-14-9-3-8-13(14)22-28-19-15(24)17-18(16(25)20(19)29-22)27-21(26-17)12-7-2-6-11(12)10-4-1-5-10/h24-25H,1-9H2. The van der Waals surface area contributed by atoms with Gasteiger partial charge in [0.1, 0.15) is 11.5 Å². The van der Waals surface area contributed by atoms with Crippen LogP contribution in [0.15, 0.2) is 50.3 Å². The first-order chi connectivity index (χ1) is 14.1. The quantitative estimate of drug-likeness (QED) is 0.310. The smallest absolute Gasteiger partial charge is 0.160 e. The number of thioether (sulfide) groups is 4. The van der Waals surface area contributed by atoms with E-state index in [2.05, 4.69) is 0 Å². The number of carbonyl (C=O) groups is 1. The summed E-state index contributed by atoms with van der Waals surface area (Å²) in [6.07, 6.45) is 9.61. The molecule has 5 aliphatic rings. The van der Waals surface area contributed by atoms with E-state index in [1.54, 1.807) is 34.7 Å². The lowest BCUT2D eigenvalue weighted by Crippen LogP contribution is -2.01. The van der Waals surface area contributed by atoms with Gasteiger partial charge in [-0.1, -0.05) is 52.6 Å². The van der Waals surface area contributed by atoms with Crippen molar-refractivity contribution in [2.24, 2.45) is 0 Å². The molecule has 29 heavy (non-hydrogen) atoms. The van der Waals surface area contributed by atoms with E-state index < -0.39 is 0 Å². The first-order valence-electron chi connectivity index (χ1n) is 10.2. The van der Waals surface area contributed by atoms with Crippen LogP contribution in [0.4, 0.5) is 0 Å². The largest absolute Gasteiger partial charge is 0.505 e. The Bertz CT molecular complexity index is 1030. The molecule has 3 nitrogen and oxygen atoms in total. The third kappa shape index (κ3) is 2.87. The van der Waals surface area contributed by atoms with Crippen molar-refractivity contribution in [2.75, 3.05) is 0 Å². The zero-order valence-electron chi connectivity index (χ0n) is 15.8. The highest BCUT2D eigenvalue weighted by molar-refractivity contribution is 8.26. The van der Waals surface area contributed by atoms with E-state index in [-0.39, 0.29) is 17.3 Å². The van der Waals surface area contributed by atoms with E-state index in [4.69, 9.17) is 0 Å². The summed E-state index contributed by atoms with van der Waals surface area (Å²) in [5.74, 6) is 0.762. The van der Waals surface area contributed by atoms with Gasteiger partial charge in [0.2, 0.25) is 0 Å². The first kappa shape index (κ1) is 18.8. The zero-order valence-corrected chi connectivity index (χ0v) is 19.1. The van der Waals surface area contributed by atoms with Crippen molar-refractivity contribution in [1.82, 2.24) is 0 Å². The molecule has 0 amide bonds. The van der Waals surface area contributed by atoms with Gasteiger partial charge in [0.05, 0.1) is 28.1 Å². The van der Waals surface area contributed by atoms with E-state index in [0.717, 1.165) is 48.7 Å². The number of phenols is 2. The van der Waals surface area contributed by atoms with Crippen LogP contribution in [0.25, 0.3) is 0 Å². The number of benzene rings is 1. The molecule has 3 aliphatic carbocycles. The van der Waals surface area contributed by atoms with E-state index >= 15 is 0 Å². The lowest BCUT2D eigenvalue weighted by molar-refractivity contribution is -0.114. The number of rotatable bonds is 0. The Morgan fingerprint density at radius 2 is 1.00 bits per heavy atom. The Hall–Kier alpha value is -0.890. The topological polar surface area (TPSA) is 57.5 Å². The molecule has 1 aromatic carbocycles. The van der Waals surface area contributed by atoms with Gasteiger partial charge < -0.3 is 10.2 Å². The summed E-state index contributed by atoms with van der Waals surface area (Å²) >= 11 is 6.16. The minimum Gasteiger partial charge on any atom is -0.505 e. The maximum Gasteiger partial charge on any atom is 0.160 e. The molecule has 2 aliphatic heterocycles. The second-order valence-corrected chi connectivity index (χ2v) is 12.6. The Kier molecular flexibility index (Phi) is 4.60. The van der Waals surface area contributed by atoms with Crippen LogP contribution in [0.3, 0.4) is 0 Å². The van der Waals surface area contributed by atoms with E-state index in [0.29, 0.717) is 6.42 Å².